The topological polar surface area (TPSA) is 84.7 Å². The van der Waals surface area contributed by atoms with Crippen LogP contribution in [0.2, 0.25) is 0 Å². The molecule has 2 N–H and O–H groups in total. The molecule has 0 fully saturated rings. The van der Waals surface area contributed by atoms with E-state index in [9.17, 15) is 9.59 Å². The van der Waals surface area contributed by atoms with Crippen LogP contribution in [0.15, 0.2) is 42.6 Å². The number of fused-ring (bicyclic) bond motifs is 1. The Kier molecular flexibility index (Phi) is 4.88. The smallest absolute Gasteiger partial charge is 0.274 e. The normalized spacial score (nSPS) is 10.6. The lowest BCUT2D eigenvalue weighted by molar-refractivity contribution is -0.114. The SMILES string of the molecule is CCc1nc2c(OC)cccn2c1C(=O)Nc1cccc(NC(C)=O)c1. The van der Waals surface area contributed by atoms with E-state index in [1.807, 2.05) is 6.92 Å². The van der Waals surface area contributed by atoms with Crippen molar-refractivity contribution in [1.82, 2.24) is 9.38 Å². The number of pyridine rings is 1. The molecule has 134 valence electrons. The maximum Gasteiger partial charge on any atom is 0.274 e. The molecule has 7 heteroatoms. The summed E-state index contributed by atoms with van der Waals surface area (Å²) in [6.07, 6.45) is 2.40. The van der Waals surface area contributed by atoms with Crippen molar-refractivity contribution in [2.45, 2.75) is 20.3 Å². The van der Waals surface area contributed by atoms with Gasteiger partial charge in [-0.05, 0) is 36.8 Å². The van der Waals surface area contributed by atoms with Crippen molar-refractivity contribution in [3.8, 4) is 5.75 Å². The van der Waals surface area contributed by atoms with Crippen LogP contribution in [0.5, 0.6) is 5.75 Å². The van der Waals surface area contributed by atoms with Crippen molar-refractivity contribution in [2.75, 3.05) is 17.7 Å². The molecule has 3 aromatic rings. The summed E-state index contributed by atoms with van der Waals surface area (Å²) in [5, 5.41) is 5.57. The van der Waals surface area contributed by atoms with E-state index in [0.717, 1.165) is 0 Å². The molecule has 0 aliphatic rings. The van der Waals surface area contributed by atoms with Gasteiger partial charge in [0.05, 0.1) is 12.8 Å². The summed E-state index contributed by atoms with van der Waals surface area (Å²) in [5.74, 6) is 0.159. The average Bonchev–Trinajstić information content (AvgIpc) is 3.00. The van der Waals surface area contributed by atoms with E-state index >= 15 is 0 Å². The molecule has 1 aromatic carbocycles. The van der Waals surface area contributed by atoms with E-state index in [4.69, 9.17) is 4.74 Å². The van der Waals surface area contributed by atoms with Gasteiger partial charge in [0, 0.05) is 24.5 Å². The predicted molar refractivity (Wildman–Crippen MR) is 99.8 cm³/mol. The largest absolute Gasteiger partial charge is 0.493 e. The Hall–Kier alpha value is -3.35. The standard InChI is InChI=1S/C19H20N4O3/c1-4-15-17(23-10-6-9-16(26-3)18(23)22-15)19(25)21-14-8-5-7-13(11-14)20-12(2)24/h5-11H,4H2,1-3H3,(H,20,24)(H,21,25). The second kappa shape index (κ2) is 7.26. The zero-order valence-electron chi connectivity index (χ0n) is 14.9. The van der Waals surface area contributed by atoms with Crippen LogP contribution < -0.4 is 15.4 Å². The van der Waals surface area contributed by atoms with Crippen LogP contribution >= 0.6 is 0 Å². The molecule has 0 radical (unpaired) electrons. The Balaban J connectivity index is 1.96. The fourth-order valence-corrected chi connectivity index (χ4v) is 2.80. The molecule has 0 saturated heterocycles. The van der Waals surface area contributed by atoms with Crippen LogP contribution in [0, 0.1) is 0 Å². The van der Waals surface area contributed by atoms with Crippen molar-refractivity contribution < 1.29 is 14.3 Å². The molecule has 0 saturated carbocycles. The lowest BCUT2D eigenvalue weighted by Gasteiger charge is -2.09. The highest BCUT2D eigenvalue weighted by molar-refractivity contribution is 6.05. The molecule has 7 nitrogen and oxygen atoms in total. The highest BCUT2D eigenvalue weighted by Gasteiger charge is 2.20. The Morgan fingerprint density at radius 2 is 1.88 bits per heavy atom. The second-order valence-electron chi connectivity index (χ2n) is 5.75. The van der Waals surface area contributed by atoms with E-state index in [0.29, 0.717) is 40.6 Å². The molecule has 26 heavy (non-hydrogen) atoms. The van der Waals surface area contributed by atoms with Crippen molar-refractivity contribution in [3.05, 3.63) is 54.0 Å². The molecule has 2 aromatic heterocycles. The molecule has 0 unspecified atom stereocenters. The van der Waals surface area contributed by atoms with Gasteiger partial charge in [-0.2, -0.15) is 0 Å². The number of methoxy groups -OCH3 is 1. The van der Waals surface area contributed by atoms with Gasteiger partial charge in [0.15, 0.2) is 11.4 Å². The van der Waals surface area contributed by atoms with Gasteiger partial charge in [-0.25, -0.2) is 4.98 Å². The molecular formula is C19H20N4O3. The summed E-state index contributed by atoms with van der Waals surface area (Å²) in [4.78, 5) is 28.6. The summed E-state index contributed by atoms with van der Waals surface area (Å²) < 4.78 is 7.06. The number of ether oxygens (including phenoxy) is 1. The van der Waals surface area contributed by atoms with E-state index in [1.54, 1.807) is 54.1 Å². The first kappa shape index (κ1) is 17.5. The van der Waals surface area contributed by atoms with Crippen molar-refractivity contribution >= 4 is 28.8 Å². The quantitative estimate of drug-likeness (QED) is 0.739. The zero-order valence-corrected chi connectivity index (χ0v) is 14.9. The summed E-state index contributed by atoms with van der Waals surface area (Å²) >= 11 is 0. The number of aromatic nitrogens is 2. The number of nitrogens with zero attached hydrogens (tertiary/aromatic N) is 2. The van der Waals surface area contributed by atoms with Gasteiger partial charge in [-0.1, -0.05) is 13.0 Å². The van der Waals surface area contributed by atoms with Gasteiger partial charge in [-0.15, -0.1) is 0 Å². The Labute approximate surface area is 151 Å². The van der Waals surface area contributed by atoms with Crippen LogP contribution in [0.3, 0.4) is 0 Å². The number of rotatable bonds is 5. The Morgan fingerprint density at radius 3 is 2.54 bits per heavy atom. The molecule has 2 amide bonds. The fraction of sp³-hybridized carbons (Fsp3) is 0.211. The molecule has 3 rings (SSSR count). The number of carbonyl (C=O) groups excluding carboxylic acids is 2. The second-order valence-corrected chi connectivity index (χ2v) is 5.75. The third-order valence-electron chi connectivity index (χ3n) is 3.90. The zero-order chi connectivity index (χ0) is 18.7. The number of hydrogen-bond donors (Lipinski definition) is 2. The molecule has 0 bridgehead atoms. The first-order valence-electron chi connectivity index (χ1n) is 8.26. The van der Waals surface area contributed by atoms with Crippen LogP contribution in [-0.2, 0) is 11.2 Å². The van der Waals surface area contributed by atoms with Gasteiger partial charge in [0.1, 0.15) is 5.69 Å². The summed E-state index contributed by atoms with van der Waals surface area (Å²) in [7, 11) is 1.57. The summed E-state index contributed by atoms with van der Waals surface area (Å²) in [6.45, 7) is 3.38. The van der Waals surface area contributed by atoms with E-state index in [2.05, 4.69) is 15.6 Å². The lowest BCUT2D eigenvalue weighted by Crippen LogP contribution is -2.16. The number of carbonyl (C=O) groups is 2. The maximum absolute atomic E-state index is 12.9. The Morgan fingerprint density at radius 1 is 1.15 bits per heavy atom. The van der Waals surface area contributed by atoms with E-state index < -0.39 is 0 Å². The third kappa shape index (κ3) is 3.37. The van der Waals surface area contributed by atoms with E-state index in [-0.39, 0.29) is 11.8 Å². The minimum atomic E-state index is -0.275. The fourth-order valence-electron chi connectivity index (χ4n) is 2.80. The molecule has 0 aliphatic carbocycles. The Bertz CT molecular complexity index is 978. The van der Waals surface area contributed by atoms with Crippen LogP contribution in [-0.4, -0.2) is 28.3 Å². The maximum atomic E-state index is 12.9. The van der Waals surface area contributed by atoms with Crippen molar-refractivity contribution in [2.24, 2.45) is 0 Å². The monoisotopic (exact) mass is 352 g/mol. The van der Waals surface area contributed by atoms with Crippen LogP contribution in [0.25, 0.3) is 5.65 Å². The summed E-state index contributed by atoms with van der Waals surface area (Å²) in [6, 6.07) is 10.6. The molecule has 0 spiro atoms. The van der Waals surface area contributed by atoms with E-state index in [1.165, 1.54) is 6.92 Å². The number of amides is 2. The minimum Gasteiger partial charge on any atom is -0.493 e. The molecule has 0 atom stereocenters. The number of imidazole rings is 1. The lowest BCUT2D eigenvalue weighted by atomic mass is 10.2. The van der Waals surface area contributed by atoms with Gasteiger partial charge in [-0.3, -0.25) is 14.0 Å². The van der Waals surface area contributed by atoms with Crippen molar-refractivity contribution in [3.63, 3.8) is 0 Å². The third-order valence-corrected chi connectivity index (χ3v) is 3.90. The molecular weight excluding hydrogens is 332 g/mol. The molecule has 0 aliphatic heterocycles. The number of nitrogens with one attached hydrogen (secondary N) is 2. The number of hydrogen-bond acceptors (Lipinski definition) is 4. The predicted octanol–water partition coefficient (Wildman–Crippen LogP) is 3.12. The average molecular weight is 352 g/mol. The molecule has 2 heterocycles. The highest BCUT2D eigenvalue weighted by atomic mass is 16.5. The minimum absolute atomic E-state index is 0.171. The van der Waals surface area contributed by atoms with Gasteiger partial charge in [0.25, 0.3) is 5.91 Å². The van der Waals surface area contributed by atoms with Gasteiger partial charge >= 0.3 is 0 Å². The van der Waals surface area contributed by atoms with Crippen molar-refractivity contribution in [1.29, 1.82) is 0 Å². The first-order chi connectivity index (χ1) is 12.5. The highest BCUT2D eigenvalue weighted by Crippen LogP contribution is 2.23. The van der Waals surface area contributed by atoms with Crippen LogP contribution in [0.4, 0.5) is 11.4 Å². The summed E-state index contributed by atoms with van der Waals surface area (Å²) in [5.41, 5.74) is 2.95. The number of aryl methyl sites for hydroxylation is 1. The number of benzene rings is 1. The number of anilines is 2. The van der Waals surface area contributed by atoms with Gasteiger partial charge < -0.3 is 15.4 Å². The first-order valence-corrected chi connectivity index (χ1v) is 8.26. The van der Waals surface area contributed by atoms with Gasteiger partial charge in [0.2, 0.25) is 5.91 Å². The van der Waals surface area contributed by atoms with Crippen LogP contribution in [0.1, 0.15) is 30.0 Å².